The van der Waals surface area contributed by atoms with Crippen molar-refractivity contribution in [3.05, 3.63) is 187 Å². The standard InChI is InChI=1S/C55H45NO/c1-55(2)48-28-9-6-22-43(48)44-33-32-40(35-49(44)55)56(39-21-12-20-38(34-39)42-26-15-31-52-54(42)47-24-8-11-30-51(47)57-52)50-29-10-7-23-45(50)46-27-14-19-37-18-13-25-41(53(37)46)36-16-4-3-5-17-36/h6-15,18-36H,3-5,16-17H2,1-2H3. The van der Waals surface area contributed by atoms with Crippen molar-refractivity contribution in [3.8, 4) is 33.4 Å². The fraction of sp³-hybridized carbons (Fsp3) is 0.164. The van der Waals surface area contributed by atoms with Crippen LogP contribution in [0.1, 0.15) is 68.6 Å². The molecule has 1 saturated carbocycles. The Bertz CT molecular complexity index is 2990. The van der Waals surface area contributed by atoms with Crippen LogP contribution in [0, 0.1) is 0 Å². The topological polar surface area (TPSA) is 16.4 Å². The number of furan rings is 1. The van der Waals surface area contributed by atoms with E-state index in [2.05, 4.69) is 183 Å². The molecule has 1 fully saturated rings. The molecule has 0 bridgehead atoms. The molecular weight excluding hydrogens is 691 g/mol. The molecule has 0 atom stereocenters. The molecule has 1 aromatic heterocycles. The number of para-hydroxylation sites is 2. The highest BCUT2D eigenvalue weighted by molar-refractivity contribution is 6.12. The van der Waals surface area contributed by atoms with E-state index in [1.165, 1.54) is 93.1 Å². The summed E-state index contributed by atoms with van der Waals surface area (Å²) in [6.45, 7) is 4.75. The summed E-state index contributed by atoms with van der Waals surface area (Å²) in [5.41, 5.74) is 16.9. The number of hydrogen-bond acceptors (Lipinski definition) is 2. The maximum atomic E-state index is 6.36. The van der Waals surface area contributed by atoms with Gasteiger partial charge in [-0.25, -0.2) is 0 Å². The third kappa shape index (κ3) is 5.46. The predicted molar refractivity (Wildman–Crippen MR) is 240 cm³/mol. The van der Waals surface area contributed by atoms with Gasteiger partial charge in [0, 0.05) is 33.1 Å². The van der Waals surface area contributed by atoms with Crippen LogP contribution in [-0.4, -0.2) is 0 Å². The van der Waals surface area contributed by atoms with Crippen molar-refractivity contribution in [2.45, 2.75) is 57.3 Å². The second kappa shape index (κ2) is 13.4. The Kier molecular flexibility index (Phi) is 7.96. The quantitative estimate of drug-likeness (QED) is 0.169. The highest BCUT2D eigenvalue weighted by Gasteiger charge is 2.36. The lowest BCUT2D eigenvalue weighted by Crippen LogP contribution is -2.17. The van der Waals surface area contributed by atoms with Crippen LogP contribution in [0.2, 0.25) is 0 Å². The Balaban J connectivity index is 1.15. The number of anilines is 3. The van der Waals surface area contributed by atoms with Crippen molar-refractivity contribution in [3.63, 3.8) is 0 Å². The van der Waals surface area contributed by atoms with Gasteiger partial charge in [-0.15, -0.1) is 0 Å². The second-order valence-electron chi connectivity index (χ2n) is 16.7. The van der Waals surface area contributed by atoms with Gasteiger partial charge in [-0.05, 0) is 117 Å². The zero-order valence-corrected chi connectivity index (χ0v) is 32.6. The first-order valence-electron chi connectivity index (χ1n) is 20.7. The molecule has 57 heavy (non-hydrogen) atoms. The van der Waals surface area contributed by atoms with Crippen LogP contribution in [0.5, 0.6) is 0 Å². The van der Waals surface area contributed by atoms with E-state index in [1.54, 1.807) is 0 Å². The molecular formula is C55H45NO. The molecule has 0 saturated heterocycles. The van der Waals surface area contributed by atoms with Gasteiger partial charge in [0.15, 0.2) is 0 Å². The molecule has 0 aliphatic heterocycles. The third-order valence-electron chi connectivity index (χ3n) is 13.1. The van der Waals surface area contributed by atoms with Crippen LogP contribution < -0.4 is 4.90 Å². The molecule has 0 amide bonds. The largest absolute Gasteiger partial charge is 0.456 e. The minimum Gasteiger partial charge on any atom is -0.456 e. The number of benzene rings is 8. The maximum absolute atomic E-state index is 6.36. The van der Waals surface area contributed by atoms with Gasteiger partial charge in [0.05, 0.1) is 5.69 Å². The fourth-order valence-corrected chi connectivity index (χ4v) is 10.3. The zero-order valence-electron chi connectivity index (χ0n) is 32.6. The van der Waals surface area contributed by atoms with E-state index in [-0.39, 0.29) is 5.41 Å². The molecule has 2 nitrogen and oxygen atoms in total. The summed E-state index contributed by atoms with van der Waals surface area (Å²) in [5.74, 6) is 0.589. The summed E-state index contributed by atoms with van der Waals surface area (Å²) in [7, 11) is 0. The lowest BCUT2D eigenvalue weighted by Gasteiger charge is -2.31. The maximum Gasteiger partial charge on any atom is 0.136 e. The first-order valence-corrected chi connectivity index (χ1v) is 20.7. The number of fused-ring (bicyclic) bond motifs is 7. The van der Waals surface area contributed by atoms with Crippen LogP contribution in [-0.2, 0) is 5.41 Å². The Morgan fingerprint density at radius 3 is 2.05 bits per heavy atom. The van der Waals surface area contributed by atoms with E-state index in [9.17, 15) is 0 Å². The first kappa shape index (κ1) is 33.9. The van der Waals surface area contributed by atoms with Gasteiger partial charge in [-0.3, -0.25) is 0 Å². The fourth-order valence-electron chi connectivity index (χ4n) is 10.3. The monoisotopic (exact) mass is 735 g/mol. The van der Waals surface area contributed by atoms with E-state index >= 15 is 0 Å². The molecule has 0 spiro atoms. The average molecular weight is 736 g/mol. The van der Waals surface area contributed by atoms with Crippen LogP contribution in [0.15, 0.2) is 174 Å². The molecule has 0 unspecified atom stereocenters. The van der Waals surface area contributed by atoms with Crippen LogP contribution >= 0.6 is 0 Å². The van der Waals surface area contributed by atoms with Gasteiger partial charge in [-0.2, -0.15) is 0 Å². The van der Waals surface area contributed by atoms with Crippen LogP contribution in [0.4, 0.5) is 17.1 Å². The molecule has 8 aromatic carbocycles. The van der Waals surface area contributed by atoms with Crippen molar-refractivity contribution < 1.29 is 4.42 Å². The zero-order chi connectivity index (χ0) is 38.1. The van der Waals surface area contributed by atoms with E-state index in [0.29, 0.717) is 5.92 Å². The van der Waals surface area contributed by atoms with Crippen molar-refractivity contribution in [2.75, 3.05) is 4.90 Å². The Morgan fingerprint density at radius 2 is 1.16 bits per heavy atom. The summed E-state index contributed by atoms with van der Waals surface area (Å²) in [5, 5.41) is 5.01. The normalized spacial score (nSPS) is 14.9. The van der Waals surface area contributed by atoms with Gasteiger partial charge in [-0.1, -0.05) is 161 Å². The molecule has 2 aliphatic rings. The number of rotatable bonds is 6. The Morgan fingerprint density at radius 1 is 0.491 bits per heavy atom. The molecule has 276 valence electrons. The highest BCUT2D eigenvalue weighted by Crippen LogP contribution is 2.52. The third-order valence-corrected chi connectivity index (χ3v) is 13.1. The minimum atomic E-state index is -0.127. The molecule has 2 heteroatoms. The van der Waals surface area contributed by atoms with Crippen LogP contribution in [0.3, 0.4) is 0 Å². The van der Waals surface area contributed by atoms with E-state index in [0.717, 1.165) is 38.9 Å². The van der Waals surface area contributed by atoms with Crippen molar-refractivity contribution >= 4 is 49.8 Å². The van der Waals surface area contributed by atoms with Gasteiger partial charge in [0.25, 0.3) is 0 Å². The SMILES string of the molecule is CC1(C)c2ccccc2-c2ccc(N(c3cccc(-c4cccc5oc6ccccc6c45)c3)c3ccccc3-c3cccc4cccc(C5CCCCC5)c34)cc21. The Hall–Kier alpha value is -6.38. The summed E-state index contributed by atoms with van der Waals surface area (Å²) in [6.07, 6.45) is 6.49. The van der Waals surface area contributed by atoms with Gasteiger partial charge in [0.2, 0.25) is 0 Å². The predicted octanol–water partition coefficient (Wildman–Crippen LogP) is 15.9. The second-order valence-corrected chi connectivity index (χ2v) is 16.7. The van der Waals surface area contributed by atoms with Gasteiger partial charge in [0.1, 0.15) is 11.2 Å². The Labute approximate surface area is 335 Å². The first-order chi connectivity index (χ1) is 28.0. The molecule has 2 aliphatic carbocycles. The molecule has 9 aromatic rings. The lowest BCUT2D eigenvalue weighted by atomic mass is 9.80. The molecule has 0 radical (unpaired) electrons. The lowest BCUT2D eigenvalue weighted by molar-refractivity contribution is 0.445. The summed E-state index contributed by atoms with van der Waals surface area (Å²) in [6, 6.07) is 63.0. The van der Waals surface area contributed by atoms with Gasteiger partial charge >= 0.3 is 0 Å². The summed E-state index contributed by atoms with van der Waals surface area (Å²) in [4.78, 5) is 2.51. The average Bonchev–Trinajstić information content (AvgIpc) is 3.76. The van der Waals surface area contributed by atoms with Crippen molar-refractivity contribution in [2.24, 2.45) is 0 Å². The van der Waals surface area contributed by atoms with Crippen LogP contribution in [0.25, 0.3) is 66.1 Å². The van der Waals surface area contributed by atoms with Crippen molar-refractivity contribution in [1.82, 2.24) is 0 Å². The van der Waals surface area contributed by atoms with E-state index in [1.807, 2.05) is 6.07 Å². The molecule has 0 N–H and O–H groups in total. The molecule has 11 rings (SSSR count). The van der Waals surface area contributed by atoms with Crippen molar-refractivity contribution in [1.29, 1.82) is 0 Å². The smallest absolute Gasteiger partial charge is 0.136 e. The summed E-state index contributed by atoms with van der Waals surface area (Å²) >= 11 is 0. The van der Waals surface area contributed by atoms with Gasteiger partial charge < -0.3 is 9.32 Å². The van der Waals surface area contributed by atoms with E-state index in [4.69, 9.17) is 4.42 Å². The number of nitrogens with zero attached hydrogens (tertiary/aromatic N) is 1. The minimum absolute atomic E-state index is 0.127. The molecule has 1 heterocycles. The summed E-state index contributed by atoms with van der Waals surface area (Å²) < 4.78 is 6.36. The van der Waals surface area contributed by atoms with E-state index < -0.39 is 0 Å². The number of hydrogen-bond donors (Lipinski definition) is 0. The highest BCUT2D eigenvalue weighted by atomic mass is 16.3.